The predicted octanol–water partition coefficient (Wildman–Crippen LogP) is 7.95. The van der Waals surface area contributed by atoms with E-state index in [-0.39, 0.29) is 11.1 Å². The first kappa shape index (κ1) is 36.7. The van der Waals surface area contributed by atoms with Crippen molar-refractivity contribution < 1.29 is 74.7 Å². The van der Waals surface area contributed by atoms with Crippen LogP contribution in [0.1, 0.15) is 86.6 Å². The highest BCUT2D eigenvalue weighted by atomic mass is 19.2. The van der Waals surface area contributed by atoms with Crippen LogP contribution in [0.4, 0.5) is 35.1 Å². The molecule has 266 valence electrons. The molecule has 0 atom stereocenters. The SMILES string of the molecule is O=C(O)c1c(F)cc(C(c2ccc(C(c3cc(F)c(C(=O)O)c(F)c3)c3cc(F)c(C(=O)O)c(F)c3)cc2)c2cc(F)c(C(=O)O)c(F)c2)cc1F. The maximum Gasteiger partial charge on any atom is 0.341 e. The summed E-state index contributed by atoms with van der Waals surface area (Å²) in [5.41, 5.74) is -7.27. The van der Waals surface area contributed by atoms with E-state index < -0.39 is 127 Å². The molecule has 4 N–H and O–H groups in total. The highest BCUT2D eigenvalue weighted by molar-refractivity contribution is 5.90. The van der Waals surface area contributed by atoms with Crippen molar-refractivity contribution in [1.29, 1.82) is 0 Å². The van der Waals surface area contributed by atoms with Gasteiger partial charge >= 0.3 is 23.9 Å². The standard InChI is InChI=1S/C36H18F8O8/c37-19-5-15(6-20(38)29(19)33(45)46)27(16-7-21(39)30(34(47)48)22(40)8-16)13-1-2-14(4-3-13)28(17-9-23(41)31(35(49)50)24(42)10-17)18-11-25(43)32(36(51)52)26(44)12-18/h1-12,27-28H,(H,45,46)(H,47,48)(H,49,50)(H,51,52). The number of halogens is 8. The molecule has 0 aliphatic rings. The van der Waals surface area contributed by atoms with E-state index in [0.717, 1.165) is 24.3 Å². The topological polar surface area (TPSA) is 149 Å². The Balaban J connectivity index is 1.74. The average molecular weight is 731 g/mol. The van der Waals surface area contributed by atoms with Crippen molar-refractivity contribution in [2.75, 3.05) is 0 Å². The summed E-state index contributed by atoms with van der Waals surface area (Å²) in [6.45, 7) is 0. The van der Waals surface area contributed by atoms with Crippen LogP contribution in [-0.2, 0) is 0 Å². The van der Waals surface area contributed by atoms with Crippen LogP contribution in [0.5, 0.6) is 0 Å². The Bertz CT molecular complexity index is 1930. The van der Waals surface area contributed by atoms with E-state index in [9.17, 15) is 74.7 Å². The van der Waals surface area contributed by atoms with E-state index >= 15 is 0 Å². The minimum atomic E-state index is -1.98. The number of benzene rings is 5. The van der Waals surface area contributed by atoms with Gasteiger partial charge in [-0.05, 0) is 81.9 Å². The molecular formula is C36H18F8O8. The van der Waals surface area contributed by atoms with Crippen LogP contribution in [0.25, 0.3) is 0 Å². The Hall–Kier alpha value is -6.58. The minimum Gasteiger partial charge on any atom is -0.477 e. The molecule has 0 unspecified atom stereocenters. The molecule has 0 radical (unpaired) electrons. The van der Waals surface area contributed by atoms with Crippen LogP contribution in [0.3, 0.4) is 0 Å². The van der Waals surface area contributed by atoms with E-state index in [0.29, 0.717) is 48.5 Å². The fraction of sp³-hybridized carbons (Fsp3) is 0.0556. The molecule has 0 aliphatic carbocycles. The normalized spacial score (nSPS) is 11.3. The van der Waals surface area contributed by atoms with Gasteiger partial charge < -0.3 is 20.4 Å². The van der Waals surface area contributed by atoms with Crippen LogP contribution in [0, 0.1) is 46.5 Å². The number of carbonyl (C=O) groups is 4. The van der Waals surface area contributed by atoms with Gasteiger partial charge in [0.2, 0.25) is 0 Å². The number of hydrogen-bond acceptors (Lipinski definition) is 4. The van der Waals surface area contributed by atoms with Crippen molar-refractivity contribution in [3.63, 3.8) is 0 Å². The van der Waals surface area contributed by atoms with Crippen LogP contribution >= 0.6 is 0 Å². The second-order valence-corrected chi connectivity index (χ2v) is 11.2. The van der Waals surface area contributed by atoms with Crippen molar-refractivity contribution in [3.05, 3.63) is 175 Å². The van der Waals surface area contributed by atoms with Gasteiger partial charge in [-0.1, -0.05) is 24.3 Å². The van der Waals surface area contributed by atoms with E-state index in [1.165, 1.54) is 0 Å². The third-order valence-corrected chi connectivity index (χ3v) is 8.05. The number of hydrogen-bond donors (Lipinski definition) is 4. The van der Waals surface area contributed by atoms with Gasteiger partial charge in [-0.15, -0.1) is 0 Å². The van der Waals surface area contributed by atoms with Crippen molar-refractivity contribution in [2.24, 2.45) is 0 Å². The summed E-state index contributed by atoms with van der Waals surface area (Å²) >= 11 is 0. The van der Waals surface area contributed by atoms with Gasteiger partial charge in [0.15, 0.2) is 0 Å². The maximum absolute atomic E-state index is 14.9. The van der Waals surface area contributed by atoms with Gasteiger partial charge in [0, 0.05) is 11.8 Å². The number of carboxylic acids is 4. The largest absolute Gasteiger partial charge is 0.477 e. The first-order chi connectivity index (χ1) is 24.4. The second-order valence-electron chi connectivity index (χ2n) is 11.2. The molecule has 0 aromatic heterocycles. The molecule has 0 saturated heterocycles. The number of rotatable bonds is 10. The fourth-order valence-electron chi connectivity index (χ4n) is 5.89. The molecule has 5 rings (SSSR count). The van der Waals surface area contributed by atoms with Crippen molar-refractivity contribution >= 4 is 23.9 Å². The molecule has 0 heterocycles. The van der Waals surface area contributed by atoms with Crippen molar-refractivity contribution in [2.45, 2.75) is 11.8 Å². The molecule has 0 bridgehead atoms. The highest BCUT2D eigenvalue weighted by Gasteiger charge is 2.29. The van der Waals surface area contributed by atoms with Gasteiger partial charge in [-0.25, -0.2) is 54.3 Å². The Morgan fingerprint density at radius 1 is 0.327 bits per heavy atom. The summed E-state index contributed by atoms with van der Waals surface area (Å²) in [7, 11) is 0. The number of aromatic carboxylic acids is 4. The van der Waals surface area contributed by atoms with Crippen LogP contribution in [0.15, 0.2) is 72.8 Å². The monoisotopic (exact) mass is 730 g/mol. The highest BCUT2D eigenvalue weighted by Crippen LogP contribution is 2.39. The summed E-state index contributed by atoms with van der Waals surface area (Å²) in [6, 6.07) is 9.02. The zero-order valence-corrected chi connectivity index (χ0v) is 25.5. The lowest BCUT2D eigenvalue weighted by Crippen LogP contribution is -2.13. The smallest absolute Gasteiger partial charge is 0.341 e. The van der Waals surface area contributed by atoms with Gasteiger partial charge in [-0.2, -0.15) is 0 Å². The third-order valence-electron chi connectivity index (χ3n) is 8.05. The summed E-state index contributed by atoms with van der Waals surface area (Å²) < 4.78 is 119. The summed E-state index contributed by atoms with van der Waals surface area (Å²) in [6.07, 6.45) is 0. The molecule has 16 heteroatoms. The lowest BCUT2D eigenvalue weighted by atomic mass is 9.81. The molecule has 0 aliphatic heterocycles. The average Bonchev–Trinajstić information content (AvgIpc) is 3.00. The lowest BCUT2D eigenvalue weighted by Gasteiger charge is -2.23. The molecule has 5 aromatic carbocycles. The molecule has 8 nitrogen and oxygen atoms in total. The van der Waals surface area contributed by atoms with Gasteiger partial charge in [-0.3, -0.25) is 0 Å². The molecule has 0 saturated carbocycles. The predicted molar refractivity (Wildman–Crippen MR) is 162 cm³/mol. The first-order valence-electron chi connectivity index (χ1n) is 14.4. The lowest BCUT2D eigenvalue weighted by molar-refractivity contribution is 0.0674. The van der Waals surface area contributed by atoms with Gasteiger partial charge in [0.25, 0.3) is 0 Å². The van der Waals surface area contributed by atoms with Gasteiger partial charge in [0.05, 0.1) is 0 Å². The summed E-state index contributed by atoms with van der Waals surface area (Å²) in [5.74, 6) is -23.8. The molecule has 5 aromatic rings. The molecule has 0 amide bonds. The first-order valence-corrected chi connectivity index (χ1v) is 14.4. The van der Waals surface area contributed by atoms with Crippen molar-refractivity contribution in [3.8, 4) is 0 Å². The third kappa shape index (κ3) is 6.77. The van der Waals surface area contributed by atoms with E-state index in [1.807, 2.05) is 0 Å². The Labute approximate surface area is 285 Å². The zero-order chi connectivity index (χ0) is 38.3. The molecule has 52 heavy (non-hydrogen) atoms. The molecule has 0 spiro atoms. The van der Waals surface area contributed by atoms with Crippen LogP contribution < -0.4 is 0 Å². The Kier molecular flexibility index (Phi) is 9.86. The summed E-state index contributed by atoms with van der Waals surface area (Å²) in [4.78, 5) is 45.6. The molecule has 0 fully saturated rings. The number of carboxylic acid groups (broad SMARTS) is 4. The second kappa shape index (κ2) is 14.0. The fourth-order valence-corrected chi connectivity index (χ4v) is 5.89. The van der Waals surface area contributed by atoms with Crippen LogP contribution in [-0.4, -0.2) is 44.3 Å². The van der Waals surface area contributed by atoms with Crippen LogP contribution in [0.2, 0.25) is 0 Å². The van der Waals surface area contributed by atoms with Gasteiger partial charge in [0.1, 0.15) is 68.8 Å². The zero-order valence-electron chi connectivity index (χ0n) is 25.5. The Morgan fingerprint density at radius 3 is 0.615 bits per heavy atom. The van der Waals surface area contributed by atoms with Crippen molar-refractivity contribution in [1.82, 2.24) is 0 Å². The van der Waals surface area contributed by atoms with E-state index in [2.05, 4.69) is 0 Å². The minimum absolute atomic E-state index is 0.0663. The molecular weight excluding hydrogens is 712 g/mol. The quantitative estimate of drug-likeness (QED) is 0.0836. The van der Waals surface area contributed by atoms with E-state index in [4.69, 9.17) is 0 Å². The summed E-state index contributed by atoms with van der Waals surface area (Å²) in [5, 5.41) is 36.8. The maximum atomic E-state index is 14.9. The van der Waals surface area contributed by atoms with E-state index in [1.54, 1.807) is 0 Å². The Morgan fingerprint density at radius 2 is 0.481 bits per heavy atom.